The Morgan fingerprint density at radius 1 is 1.17 bits per heavy atom. The number of hydrogen-bond acceptors (Lipinski definition) is 3. The van der Waals surface area contributed by atoms with Crippen LogP contribution < -0.4 is 11.1 Å². The summed E-state index contributed by atoms with van der Waals surface area (Å²) in [6.07, 6.45) is 2.74. The summed E-state index contributed by atoms with van der Waals surface area (Å²) in [4.78, 5) is 6.64. The Balaban J connectivity index is 0.00000288. The minimum absolute atomic E-state index is 0. The zero-order chi connectivity index (χ0) is 16.5. The number of hydrogen-bond donors (Lipinski definition) is 2. The van der Waals surface area contributed by atoms with Gasteiger partial charge in [-0.3, -0.25) is 4.90 Å². The Morgan fingerprint density at radius 3 is 2.58 bits per heavy atom. The second kappa shape index (κ2) is 11.1. The van der Waals surface area contributed by atoms with Crippen LogP contribution >= 0.6 is 24.0 Å². The molecule has 1 heterocycles. The number of rotatable bonds is 8. The summed E-state index contributed by atoms with van der Waals surface area (Å²) in [5, 5.41) is 3.10. The van der Waals surface area contributed by atoms with Gasteiger partial charge in [-0.2, -0.15) is 0 Å². The number of guanidine groups is 1. The van der Waals surface area contributed by atoms with Crippen LogP contribution in [0.3, 0.4) is 0 Å². The Bertz CT molecular complexity index is 613. The van der Waals surface area contributed by atoms with Crippen molar-refractivity contribution in [2.45, 2.75) is 33.0 Å². The van der Waals surface area contributed by atoms with Gasteiger partial charge < -0.3 is 15.5 Å². The van der Waals surface area contributed by atoms with Crippen molar-refractivity contribution < 1.29 is 4.42 Å². The Labute approximate surface area is 161 Å². The monoisotopic (exact) mass is 442 g/mol. The minimum Gasteiger partial charge on any atom is -0.468 e. The van der Waals surface area contributed by atoms with Gasteiger partial charge in [0.15, 0.2) is 5.96 Å². The SMILES string of the molecule is CCCNC(N)=NCc1ccccc1CN(C)Cc1ccco1.I. The summed E-state index contributed by atoms with van der Waals surface area (Å²) < 4.78 is 5.40. The van der Waals surface area contributed by atoms with Crippen molar-refractivity contribution in [3.63, 3.8) is 0 Å². The van der Waals surface area contributed by atoms with E-state index >= 15 is 0 Å². The quantitative estimate of drug-likeness (QED) is 0.374. The average Bonchev–Trinajstić information content (AvgIpc) is 3.04. The fourth-order valence-electron chi connectivity index (χ4n) is 2.36. The first kappa shape index (κ1) is 20.5. The van der Waals surface area contributed by atoms with Gasteiger partial charge in [-0.25, -0.2) is 4.99 Å². The predicted octanol–water partition coefficient (Wildman–Crippen LogP) is 3.34. The third-order valence-corrected chi connectivity index (χ3v) is 3.54. The second-order valence-electron chi connectivity index (χ2n) is 5.65. The molecule has 0 amide bonds. The van der Waals surface area contributed by atoms with Gasteiger partial charge in [-0.15, -0.1) is 24.0 Å². The van der Waals surface area contributed by atoms with Crippen LogP contribution in [0.5, 0.6) is 0 Å². The lowest BCUT2D eigenvalue weighted by atomic mass is 10.1. The molecule has 0 aliphatic rings. The first-order valence-corrected chi connectivity index (χ1v) is 8.00. The fourth-order valence-corrected chi connectivity index (χ4v) is 2.36. The highest BCUT2D eigenvalue weighted by molar-refractivity contribution is 14.0. The van der Waals surface area contributed by atoms with Gasteiger partial charge in [-0.05, 0) is 36.7 Å². The van der Waals surface area contributed by atoms with Gasteiger partial charge in [0.05, 0.1) is 19.4 Å². The molecule has 2 aromatic rings. The van der Waals surface area contributed by atoms with E-state index in [1.54, 1.807) is 6.26 Å². The molecule has 24 heavy (non-hydrogen) atoms. The Kier molecular flexibility index (Phi) is 9.48. The number of halogens is 1. The molecule has 0 unspecified atom stereocenters. The van der Waals surface area contributed by atoms with E-state index in [1.807, 2.05) is 18.2 Å². The van der Waals surface area contributed by atoms with Crippen molar-refractivity contribution >= 4 is 29.9 Å². The molecular formula is C18H27IN4O. The third-order valence-electron chi connectivity index (χ3n) is 3.54. The van der Waals surface area contributed by atoms with E-state index in [9.17, 15) is 0 Å². The molecule has 0 bridgehead atoms. The van der Waals surface area contributed by atoms with Gasteiger partial charge in [0.2, 0.25) is 0 Å². The summed E-state index contributed by atoms with van der Waals surface area (Å²) in [6.45, 7) is 5.17. The van der Waals surface area contributed by atoms with Crippen LogP contribution in [0.25, 0.3) is 0 Å². The number of furan rings is 1. The van der Waals surface area contributed by atoms with E-state index in [0.717, 1.165) is 31.8 Å². The number of nitrogens with one attached hydrogen (secondary N) is 1. The van der Waals surface area contributed by atoms with Crippen LogP contribution in [-0.2, 0) is 19.6 Å². The van der Waals surface area contributed by atoms with Gasteiger partial charge >= 0.3 is 0 Å². The molecule has 5 nitrogen and oxygen atoms in total. The summed E-state index contributed by atoms with van der Waals surface area (Å²) in [6, 6.07) is 12.2. The lowest BCUT2D eigenvalue weighted by Gasteiger charge is -2.17. The molecule has 2 rings (SSSR count). The van der Waals surface area contributed by atoms with E-state index in [1.165, 1.54) is 11.1 Å². The lowest BCUT2D eigenvalue weighted by Crippen LogP contribution is -2.32. The zero-order valence-corrected chi connectivity index (χ0v) is 16.7. The first-order chi connectivity index (χ1) is 11.2. The molecule has 132 valence electrons. The van der Waals surface area contributed by atoms with Crippen LogP contribution in [-0.4, -0.2) is 24.5 Å². The van der Waals surface area contributed by atoms with E-state index in [4.69, 9.17) is 10.2 Å². The maximum Gasteiger partial charge on any atom is 0.188 e. The van der Waals surface area contributed by atoms with Crippen molar-refractivity contribution in [2.24, 2.45) is 10.7 Å². The van der Waals surface area contributed by atoms with Crippen molar-refractivity contribution in [3.8, 4) is 0 Å². The molecule has 1 aromatic carbocycles. The van der Waals surface area contributed by atoms with Gasteiger partial charge in [0.1, 0.15) is 5.76 Å². The molecule has 0 saturated carbocycles. The highest BCUT2D eigenvalue weighted by atomic mass is 127. The van der Waals surface area contributed by atoms with Crippen LogP contribution in [0, 0.1) is 0 Å². The molecule has 1 aromatic heterocycles. The normalized spacial score (nSPS) is 11.4. The van der Waals surface area contributed by atoms with Crippen molar-refractivity contribution in [1.82, 2.24) is 10.2 Å². The van der Waals surface area contributed by atoms with Crippen molar-refractivity contribution in [2.75, 3.05) is 13.6 Å². The molecule has 0 aliphatic heterocycles. The number of nitrogens with zero attached hydrogens (tertiary/aromatic N) is 2. The molecule has 0 atom stereocenters. The predicted molar refractivity (Wildman–Crippen MR) is 109 cm³/mol. The topological polar surface area (TPSA) is 66.8 Å². The van der Waals surface area contributed by atoms with E-state index in [0.29, 0.717) is 12.5 Å². The number of benzene rings is 1. The van der Waals surface area contributed by atoms with Crippen molar-refractivity contribution in [3.05, 3.63) is 59.5 Å². The average molecular weight is 442 g/mol. The largest absolute Gasteiger partial charge is 0.468 e. The Hall–Kier alpha value is -1.54. The van der Waals surface area contributed by atoms with Crippen LogP contribution in [0.15, 0.2) is 52.1 Å². The molecule has 3 N–H and O–H groups in total. The van der Waals surface area contributed by atoms with Crippen LogP contribution in [0.4, 0.5) is 0 Å². The molecule has 0 spiro atoms. The minimum atomic E-state index is 0. The fraction of sp³-hybridized carbons (Fsp3) is 0.389. The van der Waals surface area contributed by atoms with Gasteiger partial charge in [0, 0.05) is 13.1 Å². The standard InChI is InChI=1S/C18H26N4O.HI/c1-3-10-20-18(19)21-12-15-7-4-5-8-16(15)13-22(2)14-17-9-6-11-23-17;/h4-9,11H,3,10,12-14H2,1-2H3,(H3,19,20,21);1H. The summed E-state index contributed by atoms with van der Waals surface area (Å²) in [5.41, 5.74) is 8.32. The number of aliphatic imine (C=N–C) groups is 1. The highest BCUT2D eigenvalue weighted by Gasteiger charge is 2.07. The molecule has 6 heteroatoms. The van der Waals surface area contributed by atoms with E-state index in [2.05, 4.69) is 47.4 Å². The van der Waals surface area contributed by atoms with Gasteiger partial charge in [-0.1, -0.05) is 31.2 Å². The molecule has 0 fully saturated rings. The van der Waals surface area contributed by atoms with E-state index in [-0.39, 0.29) is 24.0 Å². The van der Waals surface area contributed by atoms with Gasteiger partial charge in [0.25, 0.3) is 0 Å². The highest BCUT2D eigenvalue weighted by Crippen LogP contribution is 2.14. The maximum atomic E-state index is 5.87. The summed E-state index contributed by atoms with van der Waals surface area (Å²) >= 11 is 0. The molecular weight excluding hydrogens is 415 g/mol. The van der Waals surface area contributed by atoms with Crippen LogP contribution in [0.2, 0.25) is 0 Å². The zero-order valence-electron chi connectivity index (χ0n) is 14.4. The summed E-state index contributed by atoms with van der Waals surface area (Å²) in [5.74, 6) is 1.47. The van der Waals surface area contributed by atoms with Crippen LogP contribution in [0.1, 0.15) is 30.2 Å². The first-order valence-electron chi connectivity index (χ1n) is 8.00. The summed E-state index contributed by atoms with van der Waals surface area (Å²) in [7, 11) is 2.08. The Morgan fingerprint density at radius 2 is 1.92 bits per heavy atom. The van der Waals surface area contributed by atoms with E-state index < -0.39 is 0 Å². The molecule has 0 saturated heterocycles. The van der Waals surface area contributed by atoms with Crippen molar-refractivity contribution in [1.29, 1.82) is 0 Å². The molecule has 0 radical (unpaired) electrons. The number of nitrogens with two attached hydrogens (primary N) is 1. The lowest BCUT2D eigenvalue weighted by molar-refractivity contribution is 0.287. The second-order valence-corrected chi connectivity index (χ2v) is 5.65. The smallest absolute Gasteiger partial charge is 0.188 e. The third kappa shape index (κ3) is 6.92. The molecule has 0 aliphatic carbocycles. The maximum absolute atomic E-state index is 5.87.